The number of nitrogens with one attached hydrogen (secondary N) is 1. The van der Waals surface area contributed by atoms with Crippen molar-refractivity contribution in [2.24, 2.45) is 0 Å². The third-order valence-corrected chi connectivity index (χ3v) is 5.82. The molecule has 1 fully saturated rings. The fraction of sp³-hybridized carbons (Fsp3) is 0.519. The van der Waals surface area contributed by atoms with Crippen molar-refractivity contribution in [2.75, 3.05) is 7.11 Å². The highest BCUT2D eigenvalue weighted by Crippen LogP contribution is 2.32. The molecule has 1 aromatic carbocycles. The number of carbonyl (C=O) groups excluding carboxylic acids is 2. The summed E-state index contributed by atoms with van der Waals surface area (Å²) < 4.78 is 16.9. The highest BCUT2D eigenvalue weighted by molar-refractivity contribution is 5.97. The van der Waals surface area contributed by atoms with Crippen LogP contribution in [0.5, 0.6) is 0 Å². The first-order valence-electron chi connectivity index (χ1n) is 12.1. The number of ketones is 1. The Morgan fingerprint density at radius 1 is 1.12 bits per heavy atom. The summed E-state index contributed by atoms with van der Waals surface area (Å²) in [5, 5.41) is 0. The number of Topliss-reactive ketones (excluding diaryl/α,β-unsaturated/α-hetero) is 1. The van der Waals surface area contributed by atoms with Crippen molar-refractivity contribution in [1.82, 2.24) is 9.97 Å². The normalized spacial score (nSPS) is 19.5. The molecule has 7 heteroatoms. The Hall–Kier alpha value is -2.77. The van der Waals surface area contributed by atoms with E-state index in [4.69, 9.17) is 14.2 Å². The largest absolute Gasteiger partial charge is 0.469 e. The molecule has 0 bridgehead atoms. The number of benzene rings is 1. The molecule has 184 valence electrons. The van der Waals surface area contributed by atoms with Gasteiger partial charge in [-0.05, 0) is 39.2 Å². The van der Waals surface area contributed by atoms with Gasteiger partial charge >= 0.3 is 5.97 Å². The molecule has 1 aliphatic heterocycles. The molecule has 7 nitrogen and oxygen atoms in total. The second-order valence-corrected chi connectivity index (χ2v) is 9.06. The van der Waals surface area contributed by atoms with Gasteiger partial charge in [0.15, 0.2) is 11.6 Å². The number of ether oxygens (including phenoxy) is 3. The molecule has 34 heavy (non-hydrogen) atoms. The van der Waals surface area contributed by atoms with Crippen molar-refractivity contribution in [2.45, 2.75) is 83.7 Å². The van der Waals surface area contributed by atoms with Crippen molar-refractivity contribution in [3.8, 4) is 11.4 Å². The monoisotopic (exact) mass is 468 g/mol. The van der Waals surface area contributed by atoms with Gasteiger partial charge in [-0.3, -0.25) is 9.59 Å². The van der Waals surface area contributed by atoms with E-state index in [0.29, 0.717) is 42.9 Å². The number of H-pyrrole nitrogens is 1. The third kappa shape index (κ3) is 7.11. The fourth-order valence-corrected chi connectivity index (χ4v) is 4.10. The van der Waals surface area contributed by atoms with Crippen molar-refractivity contribution >= 4 is 17.8 Å². The first kappa shape index (κ1) is 25.8. The average molecular weight is 469 g/mol. The van der Waals surface area contributed by atoms with E-state index in [2.05, 4.69) is 16.9 Å². The minimum atomic E-state index is -0.729. The highest BCUT2D eigenvalue weighted by atomic mass is 16.7. The lowest BCUT2D eigenvalue weighted by Gasteiger charge is -2.16. The molecule has 0 amide bonds. The van der Waals surface area contributed by atoms with Crippen LogP contribution in [0, 0.1) is 0 Å². The molecule has 0 spiro atoms. The van der Waals surface area contributed by atoms with Crippen LogP contribution in [-0.4, -0.2) is 46.8 Å². The summed E-state index contributed by atoms with van der Waals surface area (Å²) in [5.74, 6) is -0.266. The lowest BCUT2D eigenvalue weighted by Crippen LogP contribution is -2.21. The Kier molecular flexibility index (Phi) is 9.19. The molecule has 1 aromatic heterocycles. The molecular weight excluding hydrogens is 432 g/mol. The lowest BCUT2D eigenvalue weighted by atomic mass is 10.0. The summed E-state index contributed by atoms with van der Waals surface area (Å²) in [7, 11) is 1.39. The number of hydrogen-bond acceptors (Lipinski definition) is 6. The quantitative estimate of drug-likeness (QED) is 0.243. The Morgan fingerprint density at radius 3 is 2.59 bits per heavy atom. The smallest absolute Gasteiger partial charge is 0.305 e. The SMILES string of the molecule is CCCCCC(=O)c1nc(-c2ccccc2)[nH]c1/C=C/[C@H]1OC(C)(C)O[C@H]1CCCC(=O)OC. The van der Waals surface area contributed by atoms with Crippen molar-refractivity contribution in [1.29, 1.82) is 0 Å². The molecule has 0 radical (unpaired) electrons. The highest BCUT2D eigenvalue weighted by Gasteiger charge is 2.39. The topological polar surface area (TPSA) is 90.5 Å². The average Bonchev–Trinajstić information content (AvgIpc) is 3.38. The molecule has 3 rings (SSSR count). The van der Waals surface area contributed by atoms with Gasteiger partial charge in [0.2, 0.25) is 0 Å². The number of unbranched alkanes of at least 4 members (excludes halogenated alkanes) is 2. The van der Waals surface area contributed by atoms with E-state index in [0.717, 1.165) is 24.8 Å². The van der Waals surface area contributed by atoms with E-state index in [9.17, 15) is 9.59 Å². The number of aromatic nitrogens is 2. The number of rotatable bonds is 12. The van der Waals surface area contributed by atoms with Crippen LogP contribution in [-0.2, 0) is 19.0 Å². The maximum atomic E-state index is 13.0. The zero-order valence-corrected chi connectivity index (χ0v) is 20.6. The summed E-state index contributed by atoms with van der Waals surface area (Å²) >= 11 is 0. The molecule has 2 atom stereocenters. The Bertz CT molecular complexity index is 980. The van der Waals surface area contributed by atoms with E-state index in [1.54, 1.807) is 0 Å². The summed E-state index contributed by atoms with van der Waals surface area (Å²) in [6, 6.07) is 9.77. The van der Waals surface area contributed by atoms with E-state index in [1.165, 1.54) is 7.11 Å². The van der Waals surface area contributed by atoms with E-state index < -0.39 is 5.79 Å². The van der Waals surface area contributed by atoms with E-state index >= 15 is 0 Å². The molecule has 0 unspecified atom stereocenters. The van der Waals surface area contributed by atoms with Gasteiger partial charge in [0.1, 0.15) is 17.6 Å². The van der Waals surface area contributed by atoms with E-state index in [-0.39, 0.29) is 24.0 Å². The molecule has 2 aromatic rings. The van der Waals surface area contributed by atoms with Crippen molar-refractivity contribution < 1.29 is 23.8 Å². The Balaban J connectivity index is 1.80. The number of esters is 1. The van der Waals surface area contributed by atoms with Crippen molar-refractivity contribution in [3.05, 3.63) is 47.8 Å². The van der Waals surface area contributed by atoms with Crippen molar-refractivity contribution in [3.63, 3.8) is 0 Å². The number of aromatic amines is 1. The van der Waals surface area contributed by atoms with Crippen LogP contribution < -0.4 is 0 Å². The molecule has 1 N–H and O–H groups in total. The Morgan fingerprint density at radius 2 is 1.88 bits per heavy atom. The zero-order chi connectivity index (χ0) is 24.6. The summed E-state index contributed by atoms with van der Waals surface area (Å²) in [5.41, 5.74) is 2.04. The van der Waals surface area contributed by atoms with Crippen LogP contribution in [0.1, 0.15) is 81.9 Å². The minimum Gasteiger partial charge on any atom is -0.469 e. The first-order chi connectivity index (χ1) is 16.3. The number of nitrogens with zero attached hydrogens (tertiary/aromatic N) is 1. The molecular formula is C27H36N2O5. The molecule has 0 aliphatic carbocycles. The number of imidazole rings is 1. The fourth-order valence-electron chi connectivity index (χ4n) is 4.10. The predicted molar refractivity (Wildman–Crippen MR) is 131 cm³/mol. The molecule has 0 saturated carbocycles. The molecule has 1 aliphatic rings. The number of hydrogen-bond donors (Lipinski definition) is 1. The van der Waals surface area contributed by atoms with Gasteiger partial charge in [-0.2, -0.15) is 0 Å². The number of methoxy groups -OCH3 is 1. The maximum Gasteiger partial charge on any atom is 0.305 e. The van der Waals surface area contributed by atoms with Gasteiger partial charge in [0.25, 0.3) is 0 Å². The van der Waals surface area contributed by atoms with Gasteiger partial charge in [0, 0.05) is 18.4 Å². The maximum absolute atomic E-state index is 13.0. The van der Waals surface area contributed by atoms with Gasteiger partial charge in [-0.25, -0.2) is 4.98 Å². The standard InChI is InChI=1S/C27H36N2O5/c1-5-6-8-14-21(30)25-20(28-26(29-25)19-12-9-7-10-13-19)17-18-23-22(33-27(2,3)34-23)15-11-16-24(31)32-4/h7,9-10,12-13,17-18,22-23H,5-6,8,11,14-16H2,1-4H3,(H,28,29)/b18-17+/t22-,23+/m0/s1. The van der Waals surface area contributed by atoms with Gasteiger partial charge in [-0.1, -0.05) is 56.2 Å². The van der Waals surface area contributed by atoms with Crippen LogP contribution in [0.25, 0.3) is 17.5 Å². The van der Waals surface area contributed by atoms with Gasteiger partial charge < -0.3 is 19.2 Å². The summed E-state index contributed by atoms with van der Waals surface area (Å²) in [4.78, 5) is 32.4. The summed E-state index contributed by atoms with van der Waals surface area (Å²) in [6.07, 6.45) is 8.32. The molecule has 2 heterocycles. The van der Waals surface area contributed by atoms with Crippen LogP contribution >= 0.6 is 0 Å². The van der Waals surface area contributed by atoms with Crippen LogP contribution in [0.3, 0.4) is 0 Å². The second kappa shape index (κ2) is 12.1. The second-order valence-electron chi connectivity index (χ2n) is 9.06. The zero-order valence-electron chi connectivity index (χ0n) is 20.6. The third-order valence-electron chi connectivity index (χ3n) is 5.82. The van der Waals surface area contributed by atoms with Crippen LogP contribution in [0.2, 0.25) is 0 Å². The van der Waals surface area contributed by atoms with Crippen LogP contribution in [0.4, 0.5) is 0 Å². The van der Waals surface area contributed by atoms with Crippen LogP contribution in [0.15, 0.2) is 36.4 Å². The first-order valence-corrected chi connectivity index (χ1v) is 12.1. The molecule has 1 saturated heterocycles. The lowest BCUT2D eigenvalue weighted by molar-refractivity contribution is -0.144. The van der Waals surface area contributed by atoms with Gasteiger partial charge in [0.05, 0.1) is 18.9 Å². The number of carbonyl (C=O) groups is 2. The minimum absolute atomic E-state index is 0.0325. The predicted octanol–water partition coefficient (Wildman–Crippen LogP) is 5.72. The summed E-state index contributed by atoms with van der Waals surface area (Å²) in [6.45, 7) is 5.87. The Labute approximate surface area is 201 Å². The van der Waals surface area contributed by atoms with Gasteiger partial charge in [-0.15, -0.1) is 0 Å². The van der Waals surface area contributed by atoms with E-state index in [1.807, 2.05) is 56.3 Å².